The number of halogens is 1. The first-order valence-electron chi connectivity index (χ1n) is 4.55. The maximum Gasteiger partial charge on any atom is 0.169 e. The highest BCUT2D eigenvalue weighted by atomic mass is 127. The first kappa shape index (κ1) is 9.58. The summed E-state index contributed by atoms with van der Waals surface area (Å²) in [6.07, 6.45) is 5.12. The lowest BCUT2D eigenvalue weighted by Crippen LogP contribution is -1.97. The number of aromatic amines is 1. The minimum Gasteiger partial charge on any atom is -0.383 e. The van der Waals surface area contributed by atoms with Gasteiger partial charge >= 0.3 is 0 Å². The fourth-order valence-electron chi connectivity index (χ4n) is 1.56. The Hall–Kier alpha value is -1.64. The molecule has 0 aliphatic heterocycles. The van der Waals surface area contributed by atoms with Gasteiger partial charge in [0, 0.05) is 12.4 Å². The van der Waals surface area contributed by atoms with E-state index in [2.05, 4.69) is 42.6 Å². The van der Waals surface area contributed by atoms with Crippen LogP contribution >= 0.6 is 22.6 Å². The number of nitrogens with zero attached hydrogens (tertiary/aromatic N) is 4. The predicted molar refractivity (Wildman–Crippen MR) is 68.1 cm³/mol. The van der Waals surface area contributed by atoms with Crippen molar-refractivity contribution in [1.29, 1.82) is 0 Å². The van der Waals surface area contributed by atoms with Crippen LogP contribution in [-0.2, 0) is 0 Å². The van der Waals surface area contributed by atoms with E-state index < -0.39 is 0 Å². The number of nitrogens with two attached hydrogens (primary N) is 1. The normalized spacial score (nSPS) is 11.1. The molecule has 16 heavy (non-hydrogen) atoms. The van der Waals surface area contributed by atoms with E-state index in [9.17, 15) is 0 Å². The van der Waals surface area contributed by atoms with E-state index in [4.69, 9.17) is 5.73 Å². The van der Waals surface area contributed by atoms with Gasteiger partial charge in [-0.1, -0.05) is 0 Å². The van der Waals surface area contributed by atoms with Crippen LogP contribution in [0.5, 0.6) is 0 Å². The van der Waals surface area contributed by atoms with Crippen LogP contribution in [0.25, 0.3) is 16.7 Å². The number of hydrogen-bond acceptors (Lipinski definition) is 4. The first-order valence-corrected chi connectivity index (χ1v) is 5.63. The Morgan fingerprint density at radius 3 is 3.00 bits per heavy atom. The van der Waals surface area contributed by atoms with Crippen molar-refractivity contribution < 1.29 is 0 Å². The standard InChI is InChI=1S/C9H7IN6/c10-7-6-8(11)13-4-14-9(6)16(15-7)5-1-2-12-3-5/h1-4,12H,(H2,11,13,14). The summed E-state index contributed by atoms with van der Waals surface area (Å²) in [4.78, 5) is 11.2. The monoisotopic (exact) mass is 326 g/mol. The Morgan fingerprint density at radius 1 is 1.38 bits per heavy atom. The third-order valence-electron chi connectivity index (χ3n) is 2.28. The SMILES string of the molecule is Nc1ncnc2c1c(I)nn2-c1cc[nH]c1. The smallest absolute Gasteiger partial charge is 0.169 e. The largest absolute Gasteiger partial charge is 0.383 e. The average Bonchev–Trinajstić information content (AvgIpc) is 2.86. The predicted octanol–water partition coefficient (Wildman–Crippen LogP) is 1.33. The first-order chi connectivity index (χ1) is 7.77. The van der Waals surface area contributed by atoms with Crippen molar-refractivity contribution in [2.75, 3.05) is 5.73 Å². The lowest BCUT2D eigenvalue weighted by atomic mass is 10.4. The molecule has 0 aliphatic carbocycles. The van der Waals surface area contributed by atoms with E-state index in [0.29, 0.717) is 5.82 Å². The van der Waals surface area contributed by atoms with Crippen LogP contribution in [0.2, 0.25) is 0 Å². The Labute approximate surface area is 104 Å². The van der Waals surface area contributed by atoms with Gasteiger partial charge in [-0.3, -0.25) is 0 Å². The second-order valence-corrected chi connectivity index (χ2v) is 4.25. The molecule has 0 saturated carbocycles. The molecule has 3 aromatic heterocycles. The van der Waals surface area contributed by atoms with E-state index in [0.717, 1.165) is 20.4 Å². The van der Waals surface area contributed by atoms with E-state index in [1.165, 1.54) is 6.33 Å². The van der Waals surface area contributed by atoms with Crippen molar-refractivity contribution in [1.82, 2.24) is 24.7 Å². The van der Waals surface area contributed by atoms with Crippen LogP contribution in [0.3, 0.4) is 0 Å². The fraction of sp³-hybridized carbons (Fsp3) is 0. The van der Waals surface area contributed by atoms with Crippen LogP contribution in [0, 0.1) is 3.70 Å². The minimum atomic E-state index is 0.455. The van der Waals surface area contributed by atoms with Crippen molar-refractivity contribution in [2.45, 2.75) is 0 Å². The highest BCUT2D eigenvalue weighted by Gasteiger charge is 2.14. The van der Waals surface area contributed by atoms with E-state index >= 15 is 0 Å². The number of nitrogen functional groups attached to an aromatic ring is 1. The van der Waals surface area contributed by atoms with E-state index in [-0.39, 0.29) is 0 Å². The molecule has 0 aromatic carbocycles. The summed E-state index contributed by atoms with van der Waals surface area (Å²) in [5, 5.41) is 5.19. The summed E-state index contributed by atoms with van der Waals surface area (Å²) in [5.41, 5.74) is 7.45. The average molecular weight is 326 g/mol. The van der Waals surface area contributed by atoms with E-state index in [1.54, 1.807) is 4.68 Å². The Morgan fingerprint density at radius 2 is 2.25 bits per heavy atom. The molecule has 80 valence electrons. The van der Waals surface area contributed by atoms with Gasteiger partial charge in [-0.05, 0) is 28.7 Å². The summed E-state index contributed by atoms with van der Waals surface area (Å²) < 4.78 is 2.54. The summed E-state index contributed by atoms with van der Waals surface area (Å²) in [5.74, 6) is 0.455. The van der Waals surface area contributed by atoms with E-state index in [1.807, 2.05) is 18.5 Å². The molecule has 7 heteroatoms. The van der Waals surface area contributed by atoms with Gasteiger partial charge in [-0.25, -0.2) is 14.6 Å². The zero-order valence-corrected chi connectivity index (χ0v) is 10.2. The molecule has 0 bridgehead atoms. The molecular formula is C9H7IN6. The number of anilines is 1. The van der Waals surface area contributed by atoms with Gasteiger partial charge in [0.2, 0.25) is 0 Å². The van der Waals surface area contributed by atoms with Gasteiger partial charge in [0.05, 0.1) is 11.1 Å². The number of hydrogen-bond donors (Lipinski definition) is 2. The third kappa shape index (κ3) is 1.28. The molecule has 0 saturated heterocycles. The summed E-state index contributed by atoms with van der Waals surface area (Å²) in [6.45, 7) is 0. The maximum absolute atomic E-state index is 5.81. The molecule has 0 aliphatic rings. The van der Waals surface area contributed by atoms with Gasteiger partial charge in [0.25, 0.3) is 0 Å². The van der Waals surface area contributed by atoms with Crippen LogP contribution in [0.4, 0.5) is 5.82 Å². The van der Waals surface area contributed by atoms with Crippen LogP contribution in [0.1, 0.15) is 0 Å². The van der Waals surface area contributed by atoms with Gasteiger partial charge in [-0.15, -0.1) is 0 Å². The highest BCUT2D eigenvalue weighted by molar-refractivity contribution is 14.1. The molecule has 3 aromatic rings. The quantitative estimate of drug-likeness (QED) is 0.661. The topological polar surface area (TPSA) is 85.4 Å². The lowest BCUT2D eigenvalue weighted by Gasteiger charge is -1.98. The molecule has 3 heterocycles. The van der Waals surface area contributed by atoms with Gasteiger partial charge in [-0.2, -0.15) is 5.10 Å². The van der Waals surface area contributed by atoms with Crippen LogP contribution in [-0.4, -0.2) is 24.7 Å². The lowest BCUT2D eigenvalue weighted by molar-refractivity contribution is 0.885. The second kappa shape index (κ2) is 3.44. The van der Waals surface area contributed by atoms with Crippen LogP contribution in [0.15, 0.2) is 24.8 Å². The molecule has 0 radical (unpaired) electrons. The number of rotatable bonds is 1. The summed E-state index contributed by atoms with van der Waals surface area (Å²) >= 11 is 2.13. The zero-order valence-electron chi connectivity index (χ0n) is 8.05. The van der Waals surface area contributed by atoms with Gasteiger partial charge in [0.1, 0.15) is 15.8 Å². The van der Waals surface area contributed by atoms with Crippen molar-refractivity contribution in [3.63, 3.8) is 0 Å². The van der Waals surface area contributed by atoms with Gasteiger partial charge < -0.3 is 10.7 Å². The molecule has 0 spiro atoms. The molecule has 0 atom stereocenters. The van der Waals surface area contributed by atoms with Gasteiger partial charge in [0.15, 0.2) is 5.65 Å². The molecule has 0 amide bonds. The summed E-state index contributed by atoms with van der Waals surface area (Å²) in [7, 11) is 0. The zero-order chi connectivity index (χ0) is 11.1. The van der Waals surface area contributed by atoms with Crippen LogP contribution < -0.4 is 5.73 Å². The Kier molecular flexibility index (Phi) is 2.06. The maximum atomic E-state index is 5.81. The molecule has 6 nitrogen and oxygen atoms in total. The van der Waals surface area contributed by atoms with Crippen molar-refractivity contribution in [3.05, 3.63) is 28.5 Å². The molecule has 0 unspecified atom stereocenters. The molecule has 3 rings (SSSR count). The molecular weight excluding hydrogens is 319 g/mol. The van der Waals surface area contributed by atoms with Crippen molar-refractivity contribution in [2.24, 2.45) is 0 Å². The van der Waals surface area contributed by atoms with Crippen molar-refractivity contribution >= 4 is 39.4 Å². The minimum absolute atomic E-state index is 0.455. The number of aromatic nitrogens is 5. The number of H-pyrrole nitrogens is 1. The highest BCUT2D eigenvalue weighted by Crippen LogP contribution is 2.24. The fourth-order valence-corrected chi connectivity index (χ4v) is 2.29. The second-order valence-electron chi connectivity index (χ2n) is 3.23. The molecule has 0 fully saturated rings. The Bertz CT molecular complexity index is 641. The summed E-state index contributed by atoms with van der Waals surface area (Å²) in [6, 6.07) is 1.92. The Balaban J connectivity index is 2.40. The number of fused-ring (bicyclic) bond motifs is 1. The third-order valence-corrected chi connectivity index (χ3v) is 3.03. The number of nitrogens with one attached hydrogen (secondary N) is 1. The van der Waals surface area contributed by atoms with Crippen molar-refractivity contribution in [3.8, 4) is 5.69 Å². The molecule has 3 N–H and O–H groups in total.